The molecule has 0 spiro atoms. The quantitative estimate of drug-likeness (QED) is 0.740. The third-order valence-corrected chi connectivity index (χ3v) is 3.17. The van der Waals surface area contributed by atoms with E-state index in [0.717, 1.165) is 12.8 Å². The van der Waals surface area contributed by atoms with Gasteiger partial charge in [-0.25, -0.2) is 0 Å². The third-order valence-electron chi connectivity index (χ3n) is 3.17. The van der Waals surface area contributed by atoms with Crippen molar-refractivity contribution in [2.24, 2.45) is 0 Å². The lowest BCUT2D eigenvalue weighted by Crippen LogP contribution is -2.41. The number of amides is 1. The van der Waals surface area contributed by atoms with Crippen LogP contribution in [-0.4, -0.2) is 23.9 Å². The summed E-state index contributed by atoms with van der Waals surface area (Å²) in [6.07, 6.45) is 3.40. The first-order chi connectivity index (χ1) is 7.58. The second-order valence-corrected chi connectivity index (χ2v) is 4.39. The number of hydrogen-bond donors (Lipinski definition) is 2. The molecule has 0 saturated heterocycles. The molecule has 4 nitrogen and oxygen atoms in total. The Morgan fingerprint density at radius 1 is 1.25 bits per heavy atom. The van der Waals surface area contributed by atoms with Crippen molar-refractivity contribution in [3.05, 3.63) is 23.8 Å². The summed E-state index contributed by atoms with van der Waals surface area (Å²) in [4.78, 5) is 13.9. The smallest absolute Gasteiger partial charge is 0.253 e. The van der Waals surface area contributed by atoms with Gasteiger partial charge in [-0.2, -0.15) is 0 Å². The number of anilines is 2. The molecule has 4 heteroatoms. The minimum absolute atomic E-state index is 0.00343. The minimum Gasteiger partial charge on any atom is -0.399 e. The first-order valence-corrected chi connectivity index (χ1v) is 5.51. The molecular weight excluding hydrogens is 202 g/mol. The molecule has 4 N–H and O–H groups in total. The van der Waals surface area contributed by atoms with Gasteiger partial charge in [-0.1, -0.05) is 0 Å². The summed E-state index contributed by atoms with van der Waals surface area (Å²) in [5, 5.41) is 0. The Bertz CT molecular complexity index is 392. The number of benzene rings is 1. The van der Waals surface area contributed by atoms with Crippen molar-refractivity contribution in [1.29, 1.82) is 0 Å². The summed E-state index contributed by atoms with van der Waals surface area (Å²) >= 11 is 0. The van der Waals surface area contributed by atoms with Crippen LogP contribution in [0.5, 0.6) is 0 Å². The summed E-state index contributed by atoms with van der Waals surface area (Å²) in [5.74, 6) is 0.00343. The number of nitrogens with two attached hydrogens (primary N) is 2. The van der Waals surface area contributed by atoms with Crippen LogP contribution in [0.25, 0.3) is 0 Å². The van der Waals surface area contributed by atoms with Crippen molar-refractivity contribution in [3.63, 3.8) is 0 Å². The molecule has 1 aliphatic carbocycles. The van der Waals surface area contributed by atoms with Gasteiger partial charge in [0.15, 0.2) is 0 Å². The van der Waals surface area contributed by atoms with Crippen LogP contribution in [0.2, 0.25) is 0 Å². The molecule has 0 aromatic heterocycles. The second kappa shape index (κ2) is 4.04. The van der Waals surface area contributed by atoms with Crippen LogP contribution < -0.4 is 11.5 Å². The van der Waals surface area contributed by atoms with Crippen molar-refractivity contribution in [1.82, 2.24) is 4.90 Å². The summed E-state index contributed by atoms with van der Waals surface area (Å²) in [7, 11) is 1.84. The molecule has 16 heavy (non-hydrogen) atoms. The fourth-order valence-corrected chi connectivity index (χ4v) is 1.94. The fourth-order valence-electron chi connectivity index (χ4n) is 1.94. The van der Waals surface area contributed by atoms with Gasteiger partial charge in [0.2, 0.25) is 0 Å². The topological polar surface area (TPSA) is 72.3 Å². The van der Waals surface area contributed by atoms with Gasteiger partial charge in [-0.15, -0.1) is 0 Å². The summed E-state index contributed by atoms with van der Waals surface area (Å²) in [6.45, 7) is 0. The van der Waals surface area contributed by atoms with E-state index in [1.54, 1.807) is 23.1 Å². The van der Waals surface area contributed by atoms with E-state index < -0.39 is 0 Å². The lowest BCUT2D eigenvalue weighted by Gasteiger charge is -2.34. The standard InChI is InChI=1S/C12H17N3O/c1-15(11-3-2-4-11)12(16)8-5-9(13)7-10(14)6-8/h5-7,11H,2-4,13-14H2,1H3. The van der Waals surface area contributed by atoms with E-state index >= 15 is 0 Å². The van der Waals surface area contributed by atoms with E-state index in [9.17, 15) is 4.79 Å². The molecule has 1 aliphatic rings. The molecule has 0 aliphatic heterocycles. The zero-order chi connectivity index (χ0) is 11.7. The molecule has 0 unspecified atom stereocenters. The summed E-state index contributed by atoms with van der Waals surface area (Å²) in [5.41, 5.74) is 13.0. The van der Waals surface area contributed by atoms with Crippen LogP contribution in [0.1, 0.15) is 29.6 Å². The number of nitrogens with zero attached hydrogens (tertiary/aromatic N) is 1. The van der Waals surface area contributed by atoms with Crippen LogP contribution in [0.4, 0.5) is 11.4 Å². The molecule has 1 amide bonds. The number of rotatable bonds is 2. The zero-order valence-electron chi connectivity index (χ0n) is 9.44. The van der Waals surface area contributed by atoms with E-state index in [4.69, 9.17) is 11.5 Å². The zero-order valence-corrected chi connectivity index (χ0v) is 9.44. The third kappa shape index (κ3) is 1.96. The number of nitrogen functional groups attached to an aromatic ring is 2. The van der Waals surface area contributed by atoms with Gasteiger partial charge in [0.05, 0.1) is 0 Å². The Hall–Kier alpha value is -1.71. The average Bonchev–Trinajstić information content (AvgIpc) is 2.12. The van der Waals surface area contributed by atoms with E-state index in [0.29, 0.717) is 23.0 Å². The van der Waals surface area contributed by atoms with Gasteiger partial charge in [-0.05, 0) is 37.5 Å². The Labute approximate surface area is 95.2 Å². The van der Waals surface area contributed by atoms with Crippen LogP contribution in [0.15, 0.2) is 18.2 Å². The predicted molar refractivity (Wildman–Crippen MR) is 65.0 cm³/mol. The van der Waals surface area contributed by atoms with Gasteiger partial charge >= 0.3 is 0 Å². The van der Waals surface area contributed by atoms with Crippen LogP contribution >= 0.6 is 0 Å². The van der Waals surface area contributed by atoms with Crippen molar-refractivity contribution in [3.8, 4) is 0 Å². The van der Waals surface area contributed by atoms with Gasteiger partial charge in [0, 0.05) is 30.0 Å². The maximum Gasteiger partial charge on any atom is 0.253 e. The number of hydrogen-bond acceptors (Lipinski definition) is 3. The van der Waals surface area contributed by atoms with Crippen LogP contribution in [-0.2, 0) is 0 Å². The number of carbonyl (C=O) groups excluding carboxylic acids is 1. The highest BCUT2D eigenvalue weighted by molar-refractivity contribution is 5.96. The summed E-state index contributed by atoms with van der Waals surface area (Å²) < 4.78 is 0. The molecule has 1 aromatic rings. The highest BCUT2D eigenvalue weighted by Crippen LogP contribution is 2.25. The highest BCUT2D eigenvalue weighted by Gasteiger charge is 2.26. The Morgan fingerprint density at radius 3 is 2.25 bits per heavy atom. The first-order valence-electron chi connectivity index (χ1n) is 5.51. The molecule has 1 aromatic carbocycles. The molecule has 2 rings (SSSR count). The largest absolute Gasteiger partial charge is 0.399 e. The minimum atomic E-state index is 0.00343. The van der Waals surface area contributed by atoms with Crippen molar-refractivity contribution >= 4 is 17.3 Å². The molecule has 0 radical (unpaired) electrons. The molecule has 86 valence electrons. The number of carbonyl (C=O) groups is 1. The lowest BCUT2D eigenvalue weighted by molar-refractivity contribution is 0.0652. The van der Waals surface area contributed by atoms with E-state index in [-0.39, 0.29) is 5.91 Å². The van der Waals surface area contributed by atoms with Gasteiger partial charge in [-0.3, -0.25) is 4.79 Å². The second-order valence-electron chi connectivity index (χ2n) is 4.39. The molecule has 0 atom stereocenters. The fraction of sp³-hybridized carbons (Fsp3) is 0.417. The molecule has 0 bridgehead atoms. The maximum atomic E-state index is 12.1. The molecule has 1 saturated carbocycles. The molecular formula is C12H17N3O. The molecule has 1 fully saturated rings. The van der Waals surface area contributed by atoms with Crippen LogP contribution in [0.3, 0.4) is 0 Å². The van der Waals surface area contributed by atoms with Gasteiger partial charge in [0.25, 0.3) is 5.91 Å². The SMILES string of the molecule is CN(C(=O)c1cc(N)cc(N)c1)C1CCC1. The first kappa shape index (κ1) is 10.8. The lowest BCUT2D eigenvalue weighted by atomic mass is 9.91. The van der Waals surface area contributed by atoms with Crippen molar-refractivity contribution < 1.29 is 4.79 Å². The monoisotopic (exact) mass is 219 g/mol. The molecule has 0 heterocycles. The van der Waals surface area contributed by atoms with Gasteiger partial charge < -0.3 is 16.4 Å². The summed E-state index contributed by atoms with van der Waals surface area (Å²) in [6, 6.07) is 5.39. The highest BCUT2D eigenvalue weighted by atomic mass is 16.2. The van der Waals surface area contributed by atoms with E-state index in [1.807, 2.05) is 7.05 Å². The van der Waals surface area contributed by atoms with E-state index in [2.05, 4.69) is 0 Å². The Morgan fingerprint density at radius 2 is 1.81 bits per heavy atom. The Balaban J connectivity index is 2.19. The van der Waals surface area contributed by atoms with Crippen LogP contribution in [0, 0.1) is 0 Å². The van der Waals surface area contributed by atoms with Crippen molar-refractivity contribution in [2.45, 2.75) is 25.3 Å². The van der Waals surface area contributed by atoms with Crippen molar-refractivity contribution in [2.75, 3.05) is 18.5 Å². The maximum absolute atomic E-state index is 12.1. The Kier molecular flexibility index (Phi) is 2.73. The predicted octanol–water partition coefficient (Wildman–Crippen LogP) is 1.48. The van der Waals surface area contributed by atoms with Gasteiger partial charge in [0.1, 0.15) is 0 Å². The average molecular weight is 219 g/mol. The van der Waals surface area contributed by atoms with E-state index in [1.165, 1.54) is 6.42 Å². The normalized spacial score (nSPS) is 15.6.